The van der Waals surface area contributed by atoms with Crippen LogP contribution in [0.1, 0.15) is 18.1 Å². The molecule has 0 aliphatic heterocycles. The minimum absolute atomic E-state index is 0.180. The molecule has 1 N–H and O–H groups in total. The second-order valence-corrected chi connectivity index (χ2v) is 6.59. The summed E-state index contributed by atoms with van der Waals surface area (Å²) in [5.41, 5.74) is 1.89. The first-order valence-electron chi connectivity index (χ1n) is 6.79. The first-order valence-corrected chi connectivity index (χ1v) is 8.23. The third-order valence-electron chi connectivity index (χ3n) is 3.33. The maximum absolute atomic E-state index is 12.9. The summed E-state index contributed by atoms with van der Waals surface area (Å²) in [5.74, 6) is 0. The molecule has 0 fully saturated rings. The van der Waals surface area contributed by atoms with Gasteiger partial charge in [0, 0.05) is 6.54 Å². The van der Waals surface area contributed by atoms with Gasteiger partial charge < -0.3 is 5.11 Å². The molecule has 0 saturated carbocycles. The lowest BCUT2D eigenvalue weighted by Gasteiger charge is -2.24. The molecule has 21 heavy (non-hydrogen) atoms. The van der Waals surface area contributed by atoms with Crippen molar-refractivity contribution < 1.29 is 13.5 Å². The number of hydrogen-bond donors (Lipinski definition) is 1. The van der Waals surface area contributed by atoms with E-state index in [4.69, 9.17) is 0 Å². The van der Waals surface area contributed by atoms with Crippen LogP contribution in [-0.4, -0.2) is 20.1 Å². The number of rotatable bonds is 5. The summed E-state index contributed by atoms with van der Waals surface area (Å²) in [6.07, 6.45) is 0. The number of benzene rings is 2. The van der Waals surface area contributed by atoms with Gasteiger partial charge in [-0.05, 0) is 43.2 Å². The van der Waals surface area contributed by atoms with E-state index in [0.717, 1.165) is 0 Å². The van der Waals surface area contributed by atoms with E-state index in [1.807, 2.05) is 18.2 Å². The highest BCUT2D eigenvalue weighted by Gasteiger charge is 2.25. The molecule has 0 aliphatic carbocycles. The normalized spacial score (nSPS) is 11.4. The molecule has 0 spiro atoms. The van der Waals surface area contributed by atoms with Gasteiger partial charge in [0.05, 0.1) is 17.2 Å². The molecule has 0 saturated heterocycles. The first-order chi connectivity index (χ1) is 10.0. The van der Waals surface area contributed by atoms with Crippen LogP contribution in [0.25, 0.3) is 0 Å². The summed E-state index contributed by atoms with van der Waals surface area (Å²) in [7, 11) is -3.65. The van der Waals surface area contributed by atoms with Crippen LogP contribution in [0, 0.1) is 6.92 Å². The molecule has 0 atom stereocenters. The van der Waals surface area contributed by atoms with E-state index in [0.29, 0.717) is 23.4 Å². The molecule has 0 aromatic heterocycles. The SMILES string of the molecule is CCN(c1ccccc1)S(=O)(=O)c1cc(CO)ccc1C. The van der Waals surface area contributed by atoms with Gasteiger partial charge in [-0.25, -0.2) is 8.42 Å². The zero-order valence-corrected chi connectivity index (χ0v) is 13.0. The standard InChI is InChI=1S/C16H19NO3S/c1-3-17(15-7-5-4-6-8-15)21(19,20)16-11-14(12-18)10-9-13(16)2/h4-11,18H,3,12H2,1-2H3. The van der Waals surface area contributed by atoms with Gasteiger partial charge in [-0.2, -0.15) is 0 Å². The Hall–Kier alpha value is -1.85. The molecule has 2 rings (SSSR count). The van der Waals surface area contributed by atoms with Crippen molar-refractivity contribution in [1.82, 2.24) is 0 Å². The zero-order chi connectivity index (χ0) is 15.5. The monoisotopic (exact) mass is 305 g/mol. The average molecular weight is 305 g/mol. The predicted molar refractivity (Wildman–Crippen MR) is 83.7 cm³/mol. The van der Waals surface area contributed by atoms with E-state index in [2.05, 4.69) is 0 Å². The molecule has 0 bridgehead atoms. The van der Waals surface area contributed by atoms with Crippen LogP contribution in [0.2, 0.25) is 0 Å². The number of aryl methyl sites for hydroxylation is 1. The fraction of sp³-hybridized carbons (Fsp3) is 0.250. The van der Waals surface area contributed by atoms with Crippen molar-refractivity contribution in [2.24, 2.45) is 0 Å². The zero-order valence-electron chi connectivity index (χ0n) is 12.2. The molecule has 5 heteroatoms. The van der Waals surface area contributed by atoms with Crippen molar-refractivity contribution in [2.45, 2.75) is 25.3 Å². The summed E-state index contributed by atoms with van der Waals surface area (Å²) < 4.78 is 27.2. The smallest absolute Gasteiger partial charge is 0.264 e. The van der Waals surface area contributed by atoms with Gasteiger partial charge >= 0.3 is 0 Å². The summed E-state index contributed by atoms with van der Waals surface area (Å²) in [5, 5.41) is 9.22. The van der Waals surface area contributed by atoms with E-state index in [1.54, 1.807) is 38.1 Å². The first kappa shape index (κ1) is 15.5. The Balaban J connectivity index is 2.55. The Morgan fingerprint density at radius 1 is 1.10 bits per heavy atom. The maximum Gasteiger partial charge on any atom is 0.264 e. The average Bonchev–Trinajstić information content (AvgIpc) is 2.49. The molecule has 0 radical (unpaired) electrons. The van der Waals surface area contributed by atoms with Crippen molar-refractivity contribution in [3.63, 3.8) is 0 Å². The largest absolute Gasteiger partial charge is 0.392 e. The number of sulfonamides is 1. The number of nitrogens with zero attached hydrogens (tertiary/aromatic N) is 1. The predicted octanol–water partition coefficient (Wildman–Crippen LogP) is 2.70. The molecular formula is C16H19NO3S. The summed E-state index contributed by atoms with van der Waals surface area (Å²) in [6.45, 7) is 3.72. The molecule has 0 heterocycles. The molecule has 2 aromatic carbocycles. The number of hydrogen-bond acceptors (Lipinski definition) is 3. The Morgan fingerprint density at radius 2 is 1.76 bits per heavy atom. The maximum atomic E-state index is 12.9. The minimum Gasteiger partial charge on any atom is -0.392 e. The van der Waals surface area contributed by atoms with Crippen molar-refractivity contribution in [2.75, 3.05) is 10.8 Å². The highest BCUT2D eigenvalue weighted by atomic mass is 32.2. The van der Waals surface area contributed by atoms with E-state index >= 15 is 0 Å². The fourth-order valence-corrected chi connectivity index (χ4v) is 3.98. The van der Waals surface area contributed by atoms with Crippen LogP contribution in [-0.2, 0) is 16.6 Å². The van der Waals surface area contributed by atoms with E-state index in [-0.39, 0.29) is 11.5 Å². The van der Waals surface area contributed by atoms with E-state index < -0.39 is 10.0 Å². The van der Waals surface area contributed by atoms with Crippen molar-refractivity contribution in [3.8, 4) is 0 Å². The quantitative estimate of drug-likeness (QED) is 0.924. The van der Waals surface area contributed by atoms with Crippen LogP contribution >= 0.6 is 0 Å². The molecule has 0 unspecified atom stereocenters. The summed E-state index contributed by atoms with van der Waals surface area (Å²) >= 11 is 0. The molecule has 0 amide bonds. The third kappa shape index (κ3) is 3.09. The van der Waals surface area contributed by atoms with Crippen molar-refractivity contribution in [1.29, 1.82) is 0 Å². The van der Waals surface area contributed by atoms with Crippen LogP contribution in [0.4, 0.5) is 5.69 Å². The van der Waals surface area contributed by atoms with Gasteiger partial charge in [-0.3, -0.25) is 4.31 Å². The van der Waals surface area contributed by atoms with Crippen LogP contribution < -0.4 is 4.31 Å². The van der Waals surface area contributed by atoms with Crippen LogP contribution in [0.5, 0.6) is 0 Å². The number of anilines is 1. The molecule has 0 aliphatic rings. The van der Waals surface area contributed by atoms with E-state index in [1.165, 1.54) is 10.4 Å². The third-order valence-corrected chi connectivity index (χ3v) is 5.38. The lowest BCUT2D eigenvalue weighted by Crippen LogP contribution is -2.31. The highest BCUT2D eigenvalue weighted by molar-refractivity contribution is 7.92. The van der Waals surface area contributed by atoms with Crippen molar-refractivity contribution in [3.05, 3.63) is 59.7 Å². The molecule has 2 aromatic rings. The molecule has 4 nitrogen and oxygen atoms in total. The lowest BCUT2D eigenvalue weighted by molar-refractivity contribution is 0.281. The van der Waals surface area contributed by atoms with Crippen molar-refractivity contribution >= 4 is 15.7 Å². The lowest BCUT2D eigenvalue weighted by atomic mass is 10.2. The minimum atomic E-state index is -3.65. The summed E-state index contributed by atoms with van der Waals surface area (Å²) in [4.78, 5) is 0.236. The van der Waals surface area contributed by atoms with Gasteiger partial charge in [0.1, 0.15) is 0 Å². The second kappa shape index (κ2) is 6.28. The van der Waals surface area contributed by atoms with Gasteiger partial charge in [-0.1, -0.05) is 30.3 Å². The van der Waals surface area contributed by atoms with Gasteiger partial charge in [0.25, 0.3) is 10.0 Å². The Labute approximate surface area is 125 Å². The van der Waals surface area contributed by atoms with E-state index in [9.17, 15) is 13.5 Å². The summed E-state index contributed by atoms with van der Waals surface area (Å²) in [6, 6.07) is 14.0. The fourth-order valence-electron chi connectivity index (χ4n) is 2.23. The van der Waals surface area contributed by atoms with Gasteiger partial charge in [-0.15, -0.1) is 0 Å². The number of aliphatic hydroxyl groups is 1. The Bertz CT molecular complexity index is 712. The number of para-hydroxylation sites is 1. The second-order valence-electron chi connectivity index (χ2n) is 4.76. The van der Waals surface area contributed by atoms with Crippen LogP contribution in [0.3, 0.4) is 0 Å². The van der Waals surface area contributed by atoms with Crippen LogP contribution in [0.15, 0.2) is 53.4 Å². The Morgan fingerprint density at radius 3 is 2.33 bits per heavy atom. The Kier molecular flexibility index (Phi) is 4.65. The number of aliphatic hydroxyl groups excluding tert-OH is 1. The molecular weight excluding hydrogens is 286 g/mol. The van der Waals surface area contributed by atoms with Gasteiger partial charge in [0.2, 0.25) is 0 Å². The van der Waals surface area contributed by atoms with Gasteiger partial charge in [0.15, 0.2) is 0 Å². The highest BCUT2D eigenvalue weighted by Crippen LogP contribution is 2.26. The topological polar surface area (TPSA) is 57.6 Å². The molecule has 112 valence electrons.